The van der Waals surface area contributed by atoms with Crippen molar-refractivity contribution in [1.29, 1.82) is 0 Å². The van der Waals surface area contributed by atoms with Gasteiger partial charge in [0.1, 0.15) is 5.82 Å². The van der Waals surface area contributed by atoms with Crippen LogP contribution in [0, 0.1) is 6.92 Å². The summed E-state index contributed by atoms with van der Waals surface area (Å²) in [4.78, 5) is 31.5. The molecule has 3 aromatic rings. The maximum absolute atomic E-state index is 12.6. The van der Waals surface area contributed by atoms with Gasteiger partial charge in [0.05, 0.1) is 26.3 Å². The van der Waals surface area contributed by atoms with Crippen molar-refractivity contribution >= 4 is 11.7 Å². The number of rotatable bonds is 7. The zero-order chi connectivity index (χ0) is 21.0. The van der Waals surface area contributed by atoms with Crippen molar-refractivity contribution in [3.8, 4) is 17.4 Å². The Hall–Kier alpha value is -3.62. The fraction of sp³-hybridized carbons (Fsp3) is 0.300. The Morgan fingerprint density at radius 1 is 1.17 bits per heavy atom. The van der Waals surface area contributed by atoms with Gasteiger partial charge in [0.2, 0.25) is 11.9 Å². The molecule has 152 valence electrons. The number of anilines is 1. The summed E-state index contributed by atoms with van der Waals surface area (Å²) in [7, 11) is 3.10. The molecule has 1 amide bonds. The van der Waals surface area contributed by atoms with E-state index in [2.05, 4.69) is 20.4 Å². The van der Waals surface area contributed by atoms with Gasteiger partial charge in [-0.3, -0.25) is 14.6 Å². The number of nitrogens with one attached hydrogen (secondary N) is 2. The lowest BCUT2D eigenvalue weighted by Crippen LogP contribution is -2.20. The molecule has 29 heavy (non-hydrogen) atoms. The molecule has 0 radical (unpaired) electrons. The smallest absolute Gasteiger partial charge is 0.252 e. The van der Waals surface area contributed by atoms with Crippen LogP contribution < -0.4 is 20.3 Å². The molecule has 0 unspecified atom stereocenters. The Morgan fingerprint density at radius 2 is 1.93 bits per heavy atom. The van der Waals surface area contributed by atoms with Crippen molar-refractivity contribution < 1.29 is 14.3 Å². The first-order valence-electron chi connectivity index (χ1n) is 9.11. The highest BCUT2D eigenvalue weighted by atomic mass is 16.5. The van der Waals surface area contributed by atoms with Crippen LogP contribution in [-0.4, -0.2) is 39.9 Å². The number of aromatic nitrogens is 4. The average molecular weight is 397 g/mol. The molecule has 2 heterocycles. The van der Waals surface area contributed by atoms with Gasteiger partial charge in [-0.05, 0) is 31.0 Å². The average Bonchev–Trinajstić information content (AvgIpc) is 3.07. The number of benzene rings is 1. The summed E-state index contributed by atoms with van der Waals surface area (Å²) >= 11 is 0. The first-order valence-corrected chi connectivity index (χ1v) is 9.11. The predicted molar refractivity (Wildman–Crippen MR) is 108 cm³/mol. The van der Waals surface area contributed by atoms with Gasteiger partial charge in [-0.15, -0.1) is 0 Å². The van der Waals surface area contributed by atoms with Crippen LogP contribution in [0.1, 0.15) is 23.9 Å². The van der Waals surface area contributed by atoms with Crippen LogP contribution in [0.3, 0.4) is 0 Å². The van der Waals surface area contributed by atoms with E-state index in [4.69, 9.17) is 9.47 Å². The van der Waals surface area contributed by atoms with Crippen LogP contribution in [0.5, 0.6) is 11.5 Å². The molecule has 0 bridgehead atoms. The zero-order valence-corrected chi connectivity index (χ0v) is 16.8. The topological polar surface area (TPSA) is 111 Å². The van der Waals surface area contributed by atoms with E-state index in [9.17, 15) is 9.59 Å². The lowest BCUT2D eigenvalue weighted by Gasteiger charge is -2.11. The number of carbonyl (C=O) groups is 1. The van der Waals surface area contributed by atoms with Crippen LogP contribution >= 0.6 is 0 Å². The van der Waals surface area contributed by atoms with E-state index in [1.807, 2.05) is 6.92 Å². The monoisotopic (exact) mass is 397 g/mol. The van der Waals surface area contributed by atoms with E-state index >= 15 is 0 Å². The number of hydrogen-bond donors (Lipinski definition) is 2. The number of hydrogen-bond acceptors (Lipinski definition) is 6. The normalized spacial score (nSPS) is 10.6. The number of amides is 1. The Kier molecular flexibility index (Phi) is 5.96. The summed E-state index contributed by atoms with van der Waals surface area (Å²) in [6.45, 7) is 3.70. The highest BCUT2D eigenvalue weighted by molar-refractivity contribution is 5.91. The van der Waals surface area contributed by atoms with Gasteiger partial charge in [-0.2, -0.15) is 9.78 Å². The number of ether oxygens (including phenoxy) is 2. The maximum Gasteiger partial charge on any atom is 0.252 e. The molecule has 3 rings (SSSR count). The molecule has 9 heteroatoms. The summed E-state index contributed by atoms with van der Waals surface area (Å²) in [6, 6.07) is 8.46. The van der Waals surface area contributed by atoms with Gasteiger partial charge in [-0.25, -0.2) is 4.98 Å². The van der Waals surface area contributed by atoms with Gasteiger partial charge in [0.15, 0.2) is 11.5 Å². The summed E-state index contributed by atoms with van der Waals surface area (Å²) in [6.07, 6.45) is 0.738. The third-order valence-corrected chi connectivity index (χ3v) is 4.26. The summed E-state index contributed by atoms with van der Waals surface area (Å²) < 4.78 is 11.9. The fourth-order valence-corrected chi connectivity index (χ4v) is 2.89. The van der Waals surface area contributed by atoms with Crippen LogP contribution in [-0.2, 0) is 17.6 Å². The molecule has 2 N–H and O–H groups in total. The van der Waals surface area contributed by atoms with Crippen molar-refractivity contribution in [2.75, 3.05) is 19.5 Å². The van der Waals surface area contributed by atoms with Gasteiger partial charge >= 0.3 is 0 Å². The quantitative estimate of drug-likeness (QED) is 0.631. The highest BCUT2D eigenvalue weighted by Gasteiger charge is 2.15. The van der Waals surface area contributed by atoms with E-state index in [1.54, 1.807) is 45.4 Å². The van der Waals surface area contributed by atoms with E-state index in [0.717, 1.165) is 5.56 Å². The molecule has 0 aliphatic carbocycles. The van der Waals surface area contributed by atoms with Crippen LogP contribution in [0.2, 0.25) is 0 Å². The second kappa shape index (κ2) is 8.59. The molecule has 0 saturated heterocycles. The molecule has 0 fully saturated rings. The van der Waals surface area contributed by atoms with Crippen LogP contribution in [0.4, 0.5) is 5.82 Å². The van der Waals surface area contributed by atoms with E-state index in [0.29, 0.717) is 35.1 Å². The Morgan fingerprint density at radius 3 is 2.62 bits per heavy atom. The zero-order valence-electron chi connectivity index (χ0n) is 16.8. The van der Waals surface area contributed by atoms with Crippen molar-refractivity contribution in [3.63, 3.8) is 0 Å². The summed E-state index contributed by atoms with van der Waals surface area (Å²) in [5.41, 5.74) is 1.81. The minimum atomic E-state index is -0.275. The van der Waals surface area contributed by atoms with Crippen molar-refractivity contribution in [1.82, 2.24) is 19.7 Å². The lowest BCUT2D eigenvalue weighted by molar-refractivity contribution is -0.115. The number of H-pyrrole nitrogens is 1. The van der Waals surface area contributed by atoms with Crippen molar-refractivity contribution in [2.45, 2.75) is 26.7 Å². The van der Waals surface area contributed by atoms with Gasteiger partial charge in [-0.1, -0.05) is 13.0 Å². The minimum absolute atomic E-state index is 0.129. The highest BCUT2D eigenvalue weighted by Crippen LogP contribution is 2.27. The van der Waals surface area contributed by atoms with Crippen LogP contribution in [0.15, 0.2) is 35.1 Å². The molecule has 2 aromatic heterocycles. The standard InChI is InChI=1S/C20H23N5O4/c1-5-14-11-19(27)23-20(21-14)25-17(8-12(2)24-25)22-18(26)10-13-6-7-15(28-3)16(9-13)29-4/h6-9,11H,5,10H2,1-4H3,(H,22,26)(H,21,23,27). The lowest BCUT2D eigenvalue weighted by atomic mass is 10.1. The van der Waals surface area contributed by atoms with E-state index in [1.165, 1.54) is 10.7 Å². The first kappa shape index (κ1) is 20.1. The number of aryl methyl sites for hydroxylation is 2. The second-order valence-corrected chi connectivity index (χ2v) is 6.41. The molecular formula is C20H23N5O4. The predicted octanol–water partition coefficient (Wildman–Crippen LogP) is 2.02. The number of carbonyl (C=O) groups excluding carboxylic acids is 1. The molecule has 0 saturated carbocycles. The van der Waals surface area contributed by atoms with Gasteiger partial charge in [0, 0.05) is 17.8 Å². The van der Waals surface area contributed by atoms with Crippen LogP contribution in [0.25, 0.3) is 5.95 Å². The molecule has 9 nitrogen and oxygen atoms in total. The number of aromatic amines is 1. The molecule has 0 aliphatic heterocycles. The van der Waals surface area contributed by atoms with Gasteiger partial charge in [0.25, 0.3) is 5.56 Å². The molecule has 0 spiro atoms. The molecule has 0 aliphatic rings. The Bertz CT molecular complexity index is 1090. The summed E-state index contributed by atoms with van der Waals surface area (Å²) in [5.74, 6) is 1.58. The largest absolute Gasteiger partial charge is 0.493 e. The van der Waals surface area contributed by atoms with Crippen molar-refractivity contribution in [2.24, 2.45) is 0 Å². The Labute approximate surface area is 167 Å². The fourth-order valence-electron chi connectivity index (χ4n) is 2.89. The third kappa shape index (κ3) is 4.63. The summed E-state index contributed by atoms with van der Waals surface area (Å²) in [5, 5.41) is 7.17. The third-order valence-electron chi connectivity index (χ3n) is 4.26. The van der Waals surface area contributed by atoms with E-state index < -0.39 is 0 Å². The first-order chi connectivity index (χ1) is 13.9. The van der Waals surface area contributed by atoms with Crippen molar-refractivity contribution in [3.05, 3.63) is 57.6 Å². The number of methoxy groups -OCH3 is 2. The maximum atomic E-state index is 12.6. The molecule has 1 aromatic carbocycles. The van der Waals surface area contributed by atoms with Gasteiger partial charge < -0.3 is 14.8 Å². The Balaban J connectivity index is 1.83. The minimum Gasteiger partial charge on any atom is -0.493 e. The second-order valence-electron chi connectivity index (χ2n) is 6.41. The SMILES string of the molecule is CCc1cc(=O)[nH]c(-n2nc(C)cc2NC(=O)Cc2ccc(OC)c(OC)c2)n1. The number of nitrogens with zero attached hydrogens (tertiary/aromatic N) is 3. The molecular weight excluding hydrogens is 374 g/mol. The van der Waals surface area contributed by atoms with E-state index in [-0.39, 0.29) is 23.8 Å². The molecule has 0 atom stereocenters.